The van der Waals surface area contributed by atoms with Crippen molar-refractivity contribution in [2.24, 2.45) is 0 Å². The highest BCUT2D eigenvalue weighted by Gasteiger charge is 2.27. The molecule has 0 unspecified atom stereocenters. The number of hydrogen-bond acceptors (Lipinski definition) is 1. The zero-order chi connectivity index (χ0) is 14.8. The van der Waals surface area contributed by atoms with Crippen LogP contribution in [0, 0.1) is 6.92 Å². The third-order valence-electron chi connectivity index (χ3n) is 3.18. The molecule has 0 bridgehead atoms. The first-order valence-corrected chi connectivity index (χ1v) is 9.80. The van der Waals surface area contributed by atoms with Crippen molar-refractivity contribution >= 4 is 24.2 Å². The van der Waals surface area contributed by atoms with E-state index in [1.807, 2.05) is 49.4 Å². The molecule has 2 aromatic carbocycles. The smallest absolute Gasteiger partial charge is 0.259 e. The monoisotopic (exact) mass is 286 g/mol. The highest BCUT2D eigenvalue weighted by atomic mass is 31.2. The minimum absolute atomic E-state index is 0.0284. The van der Waals surface area contributed by atoms with Crippen LogP contribution in [0.3, 0.4) is 0 Å². The van der Waals surface area contributed by atoms with Crippen LogP contribution in [0.1, 0.15) is 15.9 Å². The molecular weight excluding hydrogens is 265 g/mol. The van der Waals surface area contributed by atoms with E-state index < -0.39 is 7.26 Å². The quantitative estimate of drug-likeness (QED) is 0.855. The normalized spacial score (nSPS) is 11.2. The summed E-state index contributed by atoms with van der Waals surface area (Å²) in [6.07, 6.45) is 0. The van der Waals surface area contributed by atoms with E-state index in [2.05, 4.69) is 31.4 Å². The molecule has 104 valence electrons. The molecule has 0 aliphatic carbocycles. The lowest BCUT2D eigenvalue weighted by molar-refractivity contribution is 0.102. The molecule has 0 heterocycles. The van der Waals surface area contributed by atoms with Gasteiger partial charge in [-0.3, -0.25) is 4.79 Å². The fourth-order valence-electron chi connectivity index (χ4n) is 2.09. The Kier molecular flexibility index (Phi) is 4.25. The second-order valence-electron chi connectivity index (χ2n) is 5.85. The number of hydrogen-bond donors (Lipinski definition) is 1. The summed E-state index contributed by atoms with van der Waals surface area (Å²) in [6, 6.07) is 15.8. The van der Waals surface area contributed by atoms with Crippen LogP contribution in [-0.2, 0) is 0 Å². The Morgan fingerprint density at radius 1 is 0.950 bits per heavy atom. The summed E-state index contributed by atoms with van der Waals surface area (Å²) < 4.78 is 0. The topological polar surface area (TPSA) is 29.1 Å². The molecule has 2 rings (SSSR count). The van der Waals surface area contributed by atoms with Crippen molar-refractivity contribution in [3.63, 3.8) is 0 Å². The Bertz CT molecular complexity index is 612. The maximum atomic E-state index is 12.5. The maximum Gasteiger partial charge on any atom is 0.259 e. The number of rotatable bonds is 3. The van der Waals surface area contributed by atoms with Gasteiger partial charge in [-0.25, -0.2) is 0 Å². The number of benzene rings is 2. The van der Waals surface area contributed by atoms with Crippen molar-refractivity contribution in [1.29, 1.82) is 0 Å². The number of carbonyl (C=O) groups excluding carboxylic acids is 1. The van der Waals surface area contributed by atoms with Crippen molar-refractivity contribution in [3.05, 3.63) is 59.7 Å². The van der Waals surface area contributed by atoms with E-state index in [0.717, 1.165) is 11.3 Å². The van der Waals surface area contributed by atoms with E-state index in [1.54, 1.807) is 0 Å². The van der Waals surface area contributed by atoms with Crippen molar-refractivity contribution < 1.29 is 4.79 Å². The summed E-state index contributed by atoms with van der Waals surface area (Å²) >= 11 is 0. The summed E-state index contributed by atoms with van der Waals surface area (Å²) in [6.45, 7) is 8.71. The van der Waals surface area contributed by atoms with E-state index in [9.17, 15) is 4.79 Å². The van der Waals surface area contributed by atoms with Gasteiger partial charge in [-0.2, -0.15) is 0 Å². The maximum absolute atomic E-state index is 12.5. The number of anilines is 1. The Morgan fingerprint density at radius 2 is 1.55 bits per heavy atom. The molecule has 0 radical (unpaired) electrons. The lowest BCUT2D eigenvalue weighted by Gasteiger charge is -2.16. The molecule has 0 spiro atoms. The van der Waals surface area contributed by atoms with Crippen molar-refractivity contribution in [2.75, 3.05) is 25.3 Å². The van der Waals surface area contributed by atoms with Crippen LogP contribution in [0.2, 0.25) is 0 Å². The van der Waals surface area contributed by atoms with Gasteiger partial charge in [-0.15, -0.1) is 0 Å². The Morgan fingerprint density at radius 3 is 2.15 bits per heavy atom. The lowest BCUT2D eigenvalue weighted by Crippen LogP contribution is -2.23. The SMILES string of the molecule is Cc1ccc(NC(=O)c2ccccc2[P+](C)(C)C)cc1. The second kappa shape index (κ2) is 5.76. The first kappa shape index (κ1) is 14.7. The average molecular weight is 286 g/mol. The molecule has 2 nitrogen and oxygen atoms in total. The summed E-state index contributed by atoms with van der Waals surface area (Å²) in [5.74, 6) is -0.0284. The van der Waals surface area contributed by atoms with E-state index in [-0.39, 0.29) is 5.91 Å². The number of carbonyl (C=O) groups is 1. The van der Waals surface area contributed by atoms with Crippen LogP contribution in [0.4, 0.5) is 5.69 Å². The molecule has 0 aliphatic heterocycles. The van der Waals surface area contributed by atoms with Crippen molar-refractivity contribution in [3.8, 4) is 0 Å². The molecule has 0 atom stereocenters. The largest absolute Gasteiger partial charge is 0.322 e. The third kappa shape index (κ3) is 3.46. The molecule has 20 heavy (non-hydrogen) atoms. The van der Waals surface area contributed by atoms with Crippen molar-refractivity contribution in [1.82, 2.24) is 0 Å². The number of aryl methyl sites for hydroxylation is 1. The van der Waals surface area contributed by atoms with E-state index >= 15 is 0 Å². The molecular formula is C17H21NOP+. The van der Waals surface area contributed by atoms with Crippen LogP contribution in [0.5, 0.6) is 0 Å². The van der Waals surface area contributed by atoms with Crippen LogP contribution in [0.15, 0.2) is 48.5 Å². The highest BCUT2D eigenvalue weighted by molar-refractivity contribution is 7.81. The van der Waals surface area contributed by atoms with Gasteiger partial charge in [0.2, 0.25) is 0 Å². The first-order valence-electron chi connectivity index (χ1n) is 6.67. The molecule has 3 heteroatoms. The van der Waals surface area contributed by atoms with Gasteiger partial charge in [0.05, 0.1) is 25.6 Å². The zero-order valence-electron chi connectivity index (χ0n) is 12.5. The standard InChI is InChI=1S/C17H20NOP/c1-13-9-11-14(12-10-13)18-17(19)15-7-5-6-8-16(15)20(2,3)4/h5-12H,1-4H3/p+1. The summed E-state index contributed by atoms with van der Waals surface area (Å²) in [7, 11) is -1.23. The van der Waals surface area contributed by atoms with Crippen LogP contribution < -0.4 is 10.6 Å². The minimum atomic E-state index is -1.23. The molecule has 0 saturated carbocycles. The molecule has 0 aromatic heterocycles. The van der Waals surface area contributed by atoms with Gasteiger partial charge >= 0.3 is 0 Å². The number of nitrogens with one attached hydrogen (secondary N) is 1. The van der Waals surface area contributed by atoms with Gasteiger partial charge in [0.15, 0.2) is 0 Å². The van der Waals surface area contributed by atoms with Crippen LogP contribution in [-0.4, -0.2) is 25.9 Å². The van der Waals surface area contributed by atoms with Gasteiger partial charge in [-0.1, -0.05) is 29.8 Å². The predicted octanol–water partition coefficient (Wildman–Crippen LogP) is 3.78. The molecule has 2 aromatic rings. The molecule has 0 saturated heterocycles. The first-order chi connectivity index (χ1) is 9.38. The van der Waals surface area contributed by atoms with E-state index in [0.29, 0.717) is 0 Å². The third-order valence-corrected chi connectivity index (χ3v) is 5.02. The summed E-state index contributed by atoms with van der Waals surface area (Å²) in [5, 5.41) is 4.15. The van der Waals surface area contributed by atoms with Gasteiger partial charge in [0.1, 0.15) is 5.30 Å². The lowest BCUT2D eigenvalue weighted by atomic mass is 10.2. The molecule has 0 fully saturated rings. The van der Waals surface area contributed by atoms with Gasteiger partial charge in [0.25, 0.3) is 5.91 Å². The molecule has 1 N–H and O–H groups in total. The average Bonchev–Trinajstić information content (AvgIpc) is 2.40. The Labute approximate surface area is 121 Å². The minimum Gasteiger partial charge on any atom is -0.322 e. The fourth-order valence-corrected chi connectivity index (χ4v) is 3.52. The Hall–Kier alpha value is -1.66. The molecule has 0 aliphatic rings. The second-order valence-corrected chi connectivity index (χ2v) is 10.4. The van der Waals surface area contributed by atoms with Gasteiger partial charge in [-0.05, 0) is 31.2 Å². The summed E-state index contributed by atoms with van der Waals surface area (Å²) in [5.41, 5.74) is 2.81. The van der Waals surface area contributed by atoms with Crippen LogP contribution >= 0.6 is 7.26 Å². The van der Waals surface area contributed by atoms with Gasteiger partial charge < -0.3 is 5.32 Å². The zero-order valence-corrected chi connectivity index (χ0v) is 13.4. The number of amides is 1. The summed E-state index contributed by atoms with van der Waals surface area (Å²) in [4.78, 5) is 12.5. The fraction of sp³-hybridized carbons (Fsp3) is 0.235. The highest BCUT2D eigenvalue weighted by Crippen LogP contribution is 2.45. The van der Waals surface area contributed by atoms with E-state index in [1.165, 1.54) is 10.9 Å². The van der Waals surface area contributed by atoms with Crippen LogP contribution in [0.25, 0.3) is 0 Å². The van der Waals surface area contributed by atoms with E-state index in [4.69, 9.17) is 0 Å². The molecule has 1 amide bonds. The predicted molar refractivity (Wildman–Crippen MR) is 89.9 cm³/mol. The van der Waals surface area contributed by atoms with Gasteiger partial charge in [0, 0.05) is 12.9 Å². The van der Waals surface area contributed by atoms with Crippen molar-refractivity contribution in [2.45, 2.75) is 6.92 Å². The Balaban J connectivity index is 2.28.